The number of Topliss-reactive ketones (excluding diaryl/α,β-unsaturated/α-hetero) is 1. The number of hydrogen-bond acceptors (Lipinski definition) is 3. The van der Waals surface area contributed by atoms with E-state index in [1.54, 1.807) is 6.92 Å². The van der Waals surface area contributed by atoms with E-state index in [0.29, 0.717) is 37.7 Å². The van der Waals surface area contributed by atoms with E-state index in [1.165, 1.54) is 0 Å². The van der Waals surface area contributed by atoms with Crippen LogP contribution in [0.25, 0.3) is 0 Å². The van der Waals surface area contributed by atoms with Crippen LogP contribution in [-0.4, -0.2) is 27.8 Å². The Labute approximate surface area is 158 Å². The Morgan fingerprint density at radius 1 is 1.07 bits per heavy atom. The third-order valence-electron chi connectivity index (χ3n) is 9.20. The number of alkyl halides is 3. The molecule has 0 heterocycles. The van der Waals surface area contributed by atoms with E-state index < -0.39 is 17.2 Å². The van der Waals surface area contributed by atoms with Crippen LogP contribution in [0.4, 0.5) is 13.2 Å². The van der Waals surface area contributed by atoms with Gasteiger partial charge in [0.1, 0.15) is 0 Å². The summed E-state index contributed by atoms with van der Waals surface area (Å²) < 4.78 is 41.2. The highest BCUT2D eigenvalue weighted by Gasteiger charge is 2.72. The van der Waals surface area contributed by atoms with Gasteiger partial charge in [-0.15, -0.1) is 0 Å². The molecule has 0 aromatic rings. The van der Waals surface area contributed by atoms with E-state index in [1.807, 2.05) is 0 Å². The molecule has 3 nitrogen and oxygen atoms in total. The van der Waals surface area contributed by atoms with Gasteiger partial charge in [-0.3, -0.25) is 4.79 Å². The van der Waals surface area contributed by atoms with E-state index in [4.69, 9.17) is 0 Å². The molecule has 4 aliphatic rings. The molecule has 0 radical (unpaired) electrons. The van der Waals surface area contributed by atoms with Gasteiger partial charge in [-0.2, -0.15) is 13.2 Å². The molecular formula is C21H29F3O3. The van der Waals surface area contributed by atoms with Crippen LogP contribution in [0.3, 0.4) is 0 Å². The number of aliphatic hydroxyl groups is 2. The molecule has 2 N–H and O–H groups in total. The first-order valence-corrected chi connectivity index (χ1v) is 10.1. The molecule has 0 bridgehead atoms. The maximum atomic E-state index is 13.7. The summed E-state index contributed by atoms with van der Waals surface area (Å²) in [7, 11) is 0. The van der Waals surface area contributed by atoms with Gasteiger partial charge in [-0.1, -0.05) is 13.8 Å². The Hall–Kier alpha value is -1.04. The van der Waals surface area contributed by atoms with Gasteiger partial charge in [-0.05, 0) is 74.0 Å². The highest BCUT2D eigenvalue weighted by Crippen LogP contribution is 2.70. The number of hydrogen-bond donors (Lipinski definition) is 2. The van der Waals surface area contributed by atoms with Gasteiger partial charge in [0, 0.05) is 17.4 Å². The van der Waals surface area contributed by atoms with Crippen LogP contribution in [-0.2, 0) is 4.79 Å². The van der Waals surface area contributed by atoms with Gasteiger partial charge < -0.3 is 10.2 Å². The predicted molar refractivity (Wildman–Crippen MR) is 93.8 cm³/mol. The van der Waals surface area contributed by atoms with E-state index in [9.17, 15) is 28.2 Å². The van der Waals surface area contributed by atoms with Gasteiger partial charge in [0.25, 0.3) is 0 Å². The summed E-state index contributed by atoms with van der Waals surface area (Å²) in [6, 6.07) is 0. The molecule has 152 valence electrons. The number of carbonyl (C=O) groups excluding carboxylic acids is 1. The van der Waals surface area contributed by atoms with Crippen molar-refractivity contribution in [3.8, 4) is 0 Å². The average Bonchev–Trinajstić information content (AvgIpc) is 2.87. The molecule has 4 saturated carbocycles. The molecule has 0 unspecified atom stereocenters. The molecule has 0 amide bonds. The Balaban J connectivity index is 1.68. The standard InChI is InChI=1S/C21H29F3O3/c1-18-10-12(11-25)17(26)9-13(18)3-4-14-15(18)5-7-19(2)16(14)6-8-20(19,27)21(22,23)24/h11,13-16,25,27H,3-10H2,1-2H3/b12-11-/t13-,14+,15-,16-,18-,19-,20-/m0/s1. The van der Waals surface area contributed by atoms with Crippen molar-refractivity contribution in [3.05, 3.63) is 11.8 Å². The fourth-order valence-corrected chi connectivity index (χ4v) is 7.61. The molecule has 27 heavy (non-hydrogen) atoms. The smallest absolute Gasteiger partial charge is 0.417 e. The molecule has 4 fully saturated rings. The minimum absolute atomic E-state index is 0.00591. The van der Waals surface area contributed by atoms with Crippen LogP contribution in [0, 0.1) is 34.5 Å². The lowest BCUT2D eigenvalue weighted by molar-refractivity contribution is -0.304. The van der Waals surface area contributed by atoms with Crippen molar-refractivity contribution in [1.82, 2.24) is 0 Å². The van der Waals surface area contributed by atoms with Gasteiger partial charge in [0.2, 0.25) is 0 Å². The van der Waals surface area contributed by atoms with Gasteiger partial charge >= 0.3 is 6.18 Å². The molecule has 4 aliphatic carbocycles. The fraction of sp³-hybridized carbons (Fsp3) is 0.857. The summed E-state index contributed by atoms with van der Waals surface area (Å²) in [6.07, 6.45) is 0.175. The molecule has 0 saturated heterocycles. The first kappa shape index (κ1) is 19.3. The lowest BCUT2D eigenvalue weighted by Gasteiger charge is -2.61. The van der Waals surface area contributed by atoms with Crippen LogP contribution in [0.5, 0.6) is 0 Å². The zero-order valence-electron chi connectivity index (χ0n) is 16.0. The molecule has 0 aromatic carbocycles. The number of carbonyl (C=O) groups is 1. The normalized spacial score (nSPS) is 51.6. The summed E-state index contributed by atoms with van der Waals surface area (Å²) in [5, 5.41) is 20.1. The number of fused-ring (bicyclic) bond motifs is 5. The van der Waals surface area contributed by atoms with Crippen molar-refractivity contribution >= 4 is 5.78 Å². The van der Waals surface area contributed by atoms with Crippen molar-refractivity contribution in [2.45, 2.75) is 77.0 Å². The summed E-state index contributed by atoms with van der Waals surface area (Å²) in [5.74, 6) is 0.496. The number of rotatable bonds is 0. The zero-order chi connectivity index (χ0) is 19.8. The maximum Gasteiger partial charge on any atom is 0.417 e. The van der Waals surface area contributed by atoms with Crippen LogP contribution in [0.1, 0.15) is 65.2 Å². The van der Waals surface area contributed by atoms with Gasteiger partial charge in [-0.25, -0.2) is 0 Å². The molecule has 7 atom stereocenters. The minimum atomic E-state index is -4.60. The first-order valence-electron chi connectivity index (χ1n) is 10.1. The predicted octanol–water partition coefficient (Wildman–Crippen LogP) is 4.94. The van der Waals surface area contributed by atoms with Crippen LogP contribution in [0.15, 0.2) is 11.8 Å². The van der Waals surface area contributed by atoms with Crippen molar-refractivity contribution in [2.75, 3.05) is 0 Å². The Morgan fingerprint density at radius 2 is 1.74 bits per heavy atom. The number of aliphatic hydroxyl groups excluding tert-OH is 1. The lowest BCUT2D eigenvalue weighted by atomic mass is 9.44. The largest absolute Gasteiger partial charge is 0.515 e. The quantitative estimate of drug-likeness (QED) is 0.458. The van der Waals surface area contributed by atoms with E-state index in [2.05, 4.69) is 6.92 Å². The summed E-state index contributed by atoms with van der Waals surface area (Å²) in [5.41, 5.74) is -3.42. The van der Waals surface area contributed by atoms with Crippen molar-refractivity contribution in [1.29, 1.82) is 0 Å². The summed E-state index contributed by atoms with van der Waals surface area (Å²) >= 11 is 0. The SMILES string of the molecule is C[C@]12C/C(=C/O)C(=O)C[C@@H]1CC[C@@H]1[C@@H]2CC[C@@]2(C)[C@H]1CC[C@@]2(O)C(F)(F)F. The monoisotopic (exact) mass is 386 g/mol. The van der Waals surface area contributed by atoms with Crippen LogP contribution in [0.2, 0.25) is 0 Å². The maximum absolute atomic E-state index is 13.7. The summed E-state index contributed by atoms with van der Waals surface area (Å²) in [4.78, 5) is 12.2. The second-order valence-corrected chi connectivity index (χ2v) is 9.97. The molecule has 0 spiro atoms. The highest BCUT2D eigenvalue weighted by molar-refractivity contribution is 5.96. The van der Waals surface area contributed by atoms with Crippen molar-refractivity contribution < 1.29 is 28.2 Å². The van der Waals surface area contributed by atoms with Crippen molar-refractivity contribution in [3.63, 3.8) is 0 Å². The third kappa shape index (κ3) is 2.34. The van der Waals surface area contributed by atoms with Crippen LogP contribution < -0.4 is 0 Å². The van der Waals surface area contributed by atoms with Crippen LogP contribution >= 0.6 is 0 Å². The number of halogens is 3. The highest BCUT2D eigenvalue weighted by atomic mass is 19.4. The molecule has 0 aliphatic heterocycles. The average molecular weight is 386 g/mol. The summed E-state index contributed by atoms with van der Waals surface area (Å²) in [6.45, 7) is 3.81. The van der Waals surface area contributed by atoms with Gasteiger partial charge in [0.15, 0.2) is 11.4 Å². The molecule has 6 heteroatoms. The zero-order valence-corrected chi connectivity index (χ0v) is 16.0. The van der Waals surface area contributed by atoms with Gasteiger partial charge in [0.05, 0.1) is 6.26 Å². The van der Waals surface area contributed by atoms with Crippen molar-refractivity contribution in [2.24, 2.45) is 34.5 Å². The Bertz CT molecular complexity index is 687. The molecule has 0 aromatic heterocycles. The lowest BCUT2D eigenvalue weighted by Crippen LogP contribution is -2.60. The Morgan fingerprint density at radius 3 is 2.37 bits per heavy atom. The fourth-order valence-electron chi connectivity index (χ4n) is 7.61. The van der Waals surface area contributed by atoms with E-state index in [-0.39, 0.29) is 41.3 Å². The second-order valence-electron chi connectivity index (χ2n) is 9.97. The third-order valence-corrected chi connectivity index (χ3v) is 9.20. The molecular weight excluding hydrogens is 357 g/mol. The minimum Gasteiger partial charge on any atom is -0.515 e. The van der Waals surface area contributed by atoms with E-state index >= 15 is 0 Å². The topological polar surface area (TPSA) is 57.5 Å². The number of allylic oxidation sites excluding steroid dienone is 1. The number of ketones is 1. The Kier molecular flexibility index (Phi) is 4.10. The molecule has 4 rings (SSSR count). The van der Waals surface area contributed by atoms with E-state index in [0.717, 1.165) is 19.1 Å². The first-order chi connectivity index (χ1) is 12.5. The second kappa shape index (κ2) is 5.74.